The maximum absolute atomic E-state index is 5.80. The highest BCUT2D eigenvalue weighted by Gasteiger charge is 2.11. The number of hydrogen-bond acceptors (Lipinski definition) is 5. The molecule has 0 fully saturated rings. The maximum Gasteiger partial charge on any atom is 0.195 e. The van der Waals surface area contributed by atoms with Crippen molar-refractivity contribution >= 4 is 11.6 Å². The Kier molecular flexibility index (Phi) is 7.84. The summed E-state index contributed by atoms with van der Waals surface area (Å²) >= 11 is 0. The summed E-state index contributed by atoms with van der Waals surface area (Å²) in [4.78, 5) is 4.71. The Morgan fingerprint density at radius 3 is 2.78 bits per heavy atom. The van der Waals surface area contributed by atoms with Crippen molar-refractivity contribution in [1.29, 1.82) is 0 Å². The van der Waals surface area contributed by atoms with E-state index in [-0.39, 0.29) is 0 Å². The third kappa shape index (κ3) is 6.66. The molecule has 2 heterocycles. The molecule has 8 nitrogen and oxygen atoms in total. The molecule has 0 saturated carbocycles. The summed E-state index contributed by atoms with van der Waals surface area (Å²) in [5.41, 5.74) is 0.889. The molecule has 0 spiro atoms. The highest BCUT2D eigenvalue weighted by Crippen LogP contribution is 2.32. The fourth-order valence-electron chi connectivity index (χ4n) is 3.20. The normalized spacial score (nSPS) is 13.3. The van der Waals surface area contributed by atoms with E-state index >= 15 is 0 Å². The van der Waals surface area contributed by atoms with Gasteiger partial charge in [-0.2, -0.15) is 5.10 Å². The molecule has 1 aliphatic heterocycles. The number of para-hydroxylation sites is 1. The van der Waals surface area contributed by atoms with Crippen LogP contribution >= 0.6 is 0 Å². The van der Waals surface area contributed by atoms with Crippen LogP contribution in [0.25, 0.3) is 0 Å². The van der Waals surface area contributed by atoms with Gasteiger partial charge in [-0.3, -0.25) is 9.67 Å². The summed E-state index contributed by atoms with van der Waals surface area (Å²) in [6.45, 7) is 4.00. The predicted molar refractivity (Wildman–Crippen MR) is 125 cm³/mol. The van der Waals surface area contributed by atoms with Crippen molar-refractivity contribution in [2.45, 2.75) is 19.4 Å². The van der Waals surface area contributed by atoms with Gasteiger partial charge in [0.25, 0.3) is 0 Å². The summed E-state index contributed by atoms with van der Waals surface area (Å²) in [7, 11) is 0. The predicted octanol–water partition coefficient (Wildman–Crippen LogP) is 3.57. The molecule has 8 heteroatoms. The number of ether oxygens (including phenoxy) is 3. The molecule has 32 heavy (non-hydrogen) atoms. The van der Waals surface area contributed by atoms with Crippen LogP contribution in [0, 0.1) is 0 Å². The fourth-order valence-corrected chi connectivity index (χ4v) is 3.20. The van der Waals surface area contributed by atoms with E-state index in [1.165, 1.54) is 0 Å². The number of aromatic nitrogens is 2. The van der Waals surface area contributed by atoms with Gasteiger partial charge >= 0.3 is 0 Å². The molecule has 0 unspecified atom stereocenters. The summed E-state index contributed by atoms with van der Waals surface area (Å²) < 4.78 is 19.2. The number of rotatable bonds is 9. The Morgan fingerprint density at radius 1 is 1.06 bits per heavy atom. The first kappa shape index (κ1) is 21.5. The number of anilines is 1. The fraction of sp³-hybridized carbons (Fsp3) is 0.333. The topological polar surface area (TPSA) is 81.9 Å². The van der Waals surface area contributed by atoms with E-state index in [1.807, 2.05) is 65.5 Å². The number of aliphatic imine (C=N–C) groups is 1. The minimum absolute atomic E-state index is 0.609. The lowest BCUT2D eigenvalue weighted by Crippen LogP contribution is -2.33. The quantitative estimate of drug-likeness (QED) is 0.304. The summed E-state index contributed by atoms with van der Waals surface area (Å²) in [5, 5.41) is 11.0. The van der Waals surface area contributed by atoms with Gasteiger partial charge in [0, 0.05) is 50.1 Å². The molecule has 0 atom stereocenters. The van der Waals surface area contributed by atoms with Crippen LogP contribution in [0.15, 0.2) is 72.0 Å². The lowest BCUT2D eigenvalue weighted by atomic mass is 10.2. The van der Waals surface area contributed by atoms with Gasteiger partial charge < -0.3 is 24.8 Å². The van der Waals surface area contributed by atoms with Crippen molar-refractivity contribution in [1.82, 2.24) is 15.1 Å². The van der Waals surface area contributed by atoms with Crippen molar-refractivity contribution in [3.05, 3.63) is 67.0 Å². The second-order valence-electron chi connectivity index (χ2n) is 7.28. The van der Waals surface area contributed by atoms with Crippen molar-refractivity contribution in [2.24, 2.45) is 4.99 Å². The number of nitrogens with one attached hydrogen (secondary N) is 2. The van der Waals surface area contributed by atoms with Crippen LogP contribution in [0.4, 0.5) is 5.69 Å². The van der Waals surface area contributed by atoms with Gasteiger partial charge in [0.1, 0.15) is 5.75 Å². The molecule has 1 aliphatic rings. The molecule has 2 N–H and O–H groups in total. The average Bonchev–Trinajstić information content (AvgIpc) is 3.23. The number of hydrogen-bond donors (Lipinski definition) is 2. The van der Waals surface area contributed by atoms with Crippen molar-refractivity contribution < 1.29 is 14.2 Å². The van der Waals surface area contributed by atoms with Crippen LogP contribution in [-0.4, -0.2) is 48.7 Å². The Hall–Kier alpha value is -3.68. The number of fused-ring (bicyclic) bond motifs is 1. The van der Waals surface area contributed by atoms with E-state index < -0.39 is 0 Å². The monoisotopic (exact) mass is 435 g/mol. The molecule has 3 aromatic rings. The zero-order valence-corrected chi connectivity index (χ0v) is 18.1. The van der Waals surface area contributed by atoms with Crippen LogP contribution in [0.3, 0.4) is 0 Å². The lowest BCUT2D eigenvalue weighted by Gasteiger charge is -2.15. The highest BCUT2D eigenvalue weighted by atomic mass is 16.5. The van der Waals surface area contributed by atoms with Crippen LogP contribution in [0.2, 0.25) is 0 Å². The van der Waals surface area contributed by atoms with Gasteiger partial charge in [0.2, 0.25) is 0 Å². The molecule has 1 aromatic heterocycles. The van der Waals surface area contributed by atoms with Gasteiger partial charge in [0.15, 0.2) is 17.5 Å². The summed E-state index contributed by atoms with van der Waals surface area (Å²) in [6.07, 6.45) is 5.40. The Labute approximate surface area is 188 Å². The van der Waals surface area contributed by atoms with Crippen LogP contribution < -0.4 is 24.8 Å². The van der Waals surface area contributed by atoms with Gasteiger partial charge in [-0.15, -0.1) is 0 Å². The zero-order valence-electron chi connectivity index (χ0n) is 18.1. The SMILES string of the molecule is c1ccc(OCCCN=C(NCCn2cccn2)Nc2ccc3c(c2)OCCCO3)cc1. The molecule has 0 aliphatic carbocycles. The average molecular weight is 436 g/mol. The van der Waals surface area contributed by atoms with E-state index in [9.17, 15) is 0 Å². The molecule has 168 valence electrons. The first-order chi connectivity index (χ1) is 15.9. The second kappa shape index (κ2) is 11.6. The third-order valence-corrected chi connectivity index (χ3v) is 4.79. The van der Waals surface area contributed by atoms with Crippen molar-refractivity contribution in [3.63, 3.8) is 0 Å². The van der Waals surface area contributed by atoms with Crippen LogP contribution in [0.1, 0.15) is 12.8 Å². The first-order valence-corrected chi connectivity index (χ1v) is 11.0. The van der Waals surface area contributed by atoms with Crippen molar-refractivity contribution in [3.8, 4) is 17.2 Å². The molecule has 0 amide bonds. The standard InChI is InChI=1S/C24H29N5O3/c1-2-7-21(8-3-1)30-16-5-11-25-24(26-13-15-29-14-4-12-27-29)28-20-9-10-22-23(19-20)32-18-6-17-31-22/h1-4,7-10,12,14,19H,5-6,11,13,15-18H2,(H2,25,26,28). The molecule has 2 aromatic carbocycles. The van der Waals surface area contributed by atoms with E-state index in [1.54, 1.807) is 6.20 Å². The largest absolute Gasteiger partial charge is 0.494 e. The van der Waals surface area contributed by atoms with Gasteiger partial charge in [-0.05, 0) is 30.3 Å². The third-order valence-electron chi connectivity index (χ3n) is 4.79. The Balaban J connectivity index is 1.34. The minimum Gasteiger partial charge on any atom is -0.494 e. The molecule has 0 saturated heterocycles. The van der Waals surface area contributed by atoms with Crippen LogP contribution in [0.5, 0.6) is 17.2 Å². The Morgan fingerprint density at radius 2 is 1.94 bits per heavy atom. The maximum atomic E-state index is 5.80. The smallest absolute Gasteiger partial charge is 0.195 e. The minimum atomic E-state index is 0.609. The number of guanidine groups is 1. The van der Waals surface area contributed by atoms with E-state index in [0.717, 1.165) is 42.3 Å². The van der Waals surface area contributed by atoms with Gasteiger partial charge in [-0.25, -0.2) is 0 Å². The van der Waals surface area contributed by atoms with Crippen molar-refractivity contribution in [2.75, 3.05) is 38.2 Å². The molecule has 0 bridgehead atoms. The zero-order chi connectivity index (χ0) is 21.8. The summed E-state index contributed by atoms with van der Waals surface area (Å²) in [5.74, 6) is 3.10. The molecule has 4 rings (SSSR count). The van der Waals surface area contributed by atoms with E-state index in [2.05, 4.69) is 15.7 Å². The Bertz CT molecular complexity index is 977. The van der Waals surface area contributed by atoms with E-state index in [4.69, 9.17) is 19.2 Å². The van der Waals surface area contributed by atoms with E-state index in [0.29, 0.717) is 38.9 Å². The second-order valence-corrected chi connectivity index (χ2v) is 7.28. The molecular weight excluding hydrogens is 406 g/mol. The molecule has 0 radical (unpaired) electrons. The molecular formula is C24H29N5O3. The lowest BCUT2D eigenvalue weighted by molar-refractivity contribution is 0.297. The van der Waals surface area contributed by atoms with Gasteiger partial charge in [-0.1, -0.05) is 18.2 Å². The number of nitrogens with zero attached hydrogens (tertiary/aromatic N) is 3. The number of benzene rings is 2. The summed E-state index contributed by atoms with van der Waals surface area (Å²) in [6, 6.07) is 17.6. The first-order valence-electron chi connectivity index (χ1n) is 11.0. The van der Waals surface area contributed by atoms with Gasteiger partial charge in [0.05, 0.1) is 26.4 Å². The van der Waals surface area contributed by atoms with Crippen LogP contribution in [-0.2, 0) is 6.54 Å². The highest BCUT2D eigenvalue weighted by molar-refractivity contribution is 5.93.